The maximum absolute atomic E-state index is 11.5. The Balaban J connectivity index is 2.42. The summed E-state index contributed by atoms with van der Waals surface area (Å²) in [5.74, 6) is 0.740. The lowest BCUT2D eigenvalue weighted by molar-refractivity contribution is 0.810. The molecule has 2 rings (SSSR count). The molecule has 2 unspecified atom stereocenters. The number of rotatable bonds is 2. The Morgan fingerprint density at radius 1 is 1.53 bits per heavy atom. The molecule has 1 saturated carbocycles. The Kier molecular flexibility index (Phi) is 2.06. The lowest BCUT2D eigenvalue weighted by Crippen LogP contribution is -2.33. The number of aromatic amines is 1. The van der Waals surface area contributed by atoms with Gasteiger partial charge in [-0.2, -0.15) is 0 Å². The van der Waals surface area contributed by atoms with Gasteiger partial charge in [0.2, 0.25) is 0 Å². The average Bonchev–Trinajstić information content (AvgIpc) is 2.86. The van der Waals surface area contributed by atoms with Gasteiger partial charge in [0, 0.05) is 13.1 Å². The molecule has 0 radical (unpaired) electrons. The van der Waals surface area contributed by atoms with E-state index in [-0.39, 0.29) is 5.82 Å². The maximum atomic E-state index is 11.5. The number of aromatic nitrogens is 2. The maximum Gasteiger partial charge on any atom is 0.329 e. The number of H-pyrrole nitrogens is 1. The van der Waals surface area contributed by atoms with Crippen molar-refractivity contribution in [2.45, 2.75) is 19.4 Å². The van der Waals surface area contributed by atoms with Crippen LogP contribution in [0.15, 0.2) is 9.59 Å². The summed E-state index contributed by atoms with van der Waals surface area (Å²) in [4.78, 5) is 24.9. The molecule has 1 fully saturated rings. The molecule has 0 aromatic carbocycles. The van der Waals surface area contributed by atoms with Gasteiger partial charge in [0.05, 0.1) is 0 Å². The van der Waals surface area contributed by atoms with Gasteiger partial charge in [-0.1, -0.05) is 6.92 Å². The average molecular weight is 210 g/mol. The molecule has 0 saturated heterocycles. The second-order valence-corrected chi connectivity index (χ2v) is 4.04. The van der Waals surface area contributed by atoms with Gasteiger partial charge in [0.25, 0.3) is 5.56 Å². The van der Waals surface area contributed by atoms with E-state index in [1.54, 1.807) is 0 Å². The van der Waals surface area contributed by atoms with Crippen LogP contribution in [0.2, 0.25) is 0 Å². The fourth-order valence-corrected chi connectivity index (χ4v) is 1.48. The van der Waals surface area contributed by atoms with E-state index in [4.69, 9.17) is 5.73 Å². The first kappa shape index (κ1) is 9.82. The van der Waals surface area contributed by atoms with Gasteiger partial charge >= 0.3 is 5.69 Å². The first-order valence-electron chi connectivity index (χ1n) is 4.86. The summed E-state index contributed by atoms with van der Waals surface area (Å²) >= 11 is 0. The van der Waals surface area contributed by atoms with Crippen molar-refractivity contribution in [2.75, 3.05) is 11.1 Å². The van der Waals surface area contributed by atoms with Crippen molar-refractivity contribution >= 4 is 11.5 Å². The Labute approximate surface area is 86.1 Å². The summed E-state index contributed by atoms with van der Waals surface area (Å²) < 4.78 is 1.22. The van der Waals surface area contributed by atoms with E-state index in [1.165, 1.54) is 11.6 Å². The molecule has 2 atom stereocenters. The molecule has 6 heteroatoms. The molecule has 15 heavy (non-hydrogen) atoms. The second-order valence-electron chi connectivity index (χ2n) is 4.04. The number of hydrogen-bond acceptors (Lipinski definition) is 4. The van der Waals surface area contributed by atoms with Crippen molar-refractivity contribution in [1.82, 2.24) is 9.55 Å². The molecular weight excluding hydrogens is 196 g/mol. The van der Waals surface area contributed by atoms with Gasteiger partial charge in [-0.25, -0.2) is 4.79 Å². The van der Waals surface area contributed by atoms with Crippen LogP contribution in [-0.2, 0) is 7.05 Å². The van der Waals surface area contributed by atoms with Gasteiger partial charge in [0.1, 0.15) is 11.5 Å². The largest absolute Gasteiger partial charge is 0.383 e. The van der Waals surface area contributed by atoms with Crippen LogP contribution < -0.4 is 22.3 Å². The molecule has 1 aromatic heterocycles. The van der Waals surface area contributed by atoms with Gasteiger partial charge < -0.3 is 11.1 Å². The first-order chi connectivity index (χ1) is 7.00. The fraction of sp³-hybridized carbons (Fsp3) is 0.556. The molecule has 1 aromatic rings. The number of anilines is 2. The van der Waals surface area contributed by atoms with Crippen molar-refractivity contribution in [1.29, 1.82) is 0 Å². The molecule has 0 amide bonds. The van der Waals surface area contributed by atoms with E-state index in [9.17, 15) is 9.59 Å². The normalized spacial score (nSPS) is 23.9. The van der Waals surface area contributed by atoms with Crippen molar-refractivity contribution < 1.29 is 0 Å². The summed E-state index contributed by atoms with van der Waals surface area (Å²) in [7, 11) is 1.52. The monoisotopic (exact) mass is 210 g/mol. The molecule has 1 heterocycles. The zero-order valence-electron chi connectivity index (χ0n) is 8.70. The fourth-order valence-electron chi connectivity index (χ4n) is 1.48. The number of nitrogen functional groups attached to an aromatic ring is 1. The number of hydrogen-bond donors (Lipinski definition) is 3. The second kappa shape index (κ2) is 3.15. The molecular formula is C9H14N4O2. The van der Waals surface area contributed by atoms with Gasteiger partial charge in [-0.05, 0) is 12.3 Å². The zero-order chi connectivity index (χ0) is 11.2. The van der Waals surface area contributed by atoms with Crippen LogP contribution in [0.3, 0.4) is 0 Å². The summed E-state index contributed by atoms with van der Waals surface area (Å²) in [5, 5.41) is 3.04. The summed E-state index contributed by atoms with van der Waals surface area (Å²) in [6, 6.07) is 0.297. The highest BCUT2D eigenvalue weighted by Gasteiger charge is 2.33. The van der Waals surface area contributed by atoms with E-state index in [1.807, 2.05) is 0 Å². The van der Waals surface area contributed by atoms with E-state index < -0.39 is 11.2 Å². The van der Waals surface area contributed by atoms with Crippen LogP contribution in [0.1, 0.15) is 13.3 Å². The predicted octanol–water partition coefficient (Wildman–Crippen LogP) is -0.524. The number of nitrogens with one attached hydrogen (secondary N) is 2. The van der Waals surface area contributed by atoms with Crippen LogP contribution in [-0.4, -0.2) is 15.6 Å². The molecule has 0 bridgehead atoms. The Morgan fingerprint density at radius 2 is 2.13 bits per heavy atom. The molecule has 82 valence electrons. The smallest absolute Gasteiger partial charge is 0.329 e. The van der Waals surface area contributed by atoms with Crippen molar-refractivity contribution in [3.05, 3.63) is 20.8 Å². The molecule has 4 N–H and O–H groups in total. The van der Waals surface area contributed by atoms with E-state index in [2.05, 4.69) is 17.2 Å². The highest BCUT2D eigenvalue weighted by molar-refractivity contribution is 5.61. The van der Waals surface area contributed by atoms with Crippen molar-refractivity contribution in [2.24, 2.45) is 13.0 Å². The van der Waals surface area contributed by atoms with Gasteiger partial charge in [-0.15, -0.1) is 0 Å². The minimum atomic E-state index is -0.494. The predicted molar refractivity (Wildman–Crippen MR) is 57.9 cm³/mol. The van der Waals surface area contributed by atoms with Crippen molar-refractivity contribution in [3.63, 3.8) is 0 Å². The number of nitrogens with two attached hydrogens (primary N) is 1. The summed E-state index contributed by atoms with van der Waals surface area (Å²) in [6.45, 7) is 2.09. The lowest BCUT2D eigenvalue weighted by atomic mass is 10.4. The molecule has 0 aliphatic heterocycles. The lowest BCUT2D eigenvalue weighted by Gasteiger charge is -2.09. The summed E-state index contributed by atoms with van der Waals surface area (Å²) in [5.41, 5.74) is 5.04. The SMILES string of the molecule is CC1CC1Nc1c(N)n(C)c(=O)[nH]c1=O. The van der Waals surface area contributed by atoms with Gasteiger partial charge in [0.15, 0.2) is 0 Å². The van der Waals surface area contributed by atoms with Crippen LogP contribution >= 0.6 is 0 Å². The number of nitrogens with zero attached hydrogens (tertiary/aromatic N) is 1. The topological polar surface area (TPSA) is 92.9 Å². The molecule has 1 aliphatic rings. The van der Waals surface area contributed by atoms with Crippen LogP contribution in [0.4, 0.5) is 11.5 Å². The molecule has 0 spiro atoms. The highest BCUT2D eigenvalue weighted by atomic mass is 16.2. The van der Waals surface area contributed by atoms with Crippen molar-refractivity contribution in [3.8, 4) is 0 Å². The summed E-state index contributed by atoms with van der Waals surface area (Å²) in [6.07, 6.45) is 1.03. The first-order valence-corrected chi connectivity index (χ1v) is 4.86. The Bertz CT molecular complexity index is 502. The van der Waals surface area contributed by atoms with Crippen LogP contribution in [0.25, 0.3) is 0 Å². The van der Waals surface area contributed by atoms with E-state index in [0.29, 0.717) is 17.6 Å². The minimum Gasteiger partial charge on any atom is -0.383 e. The van der Waals surface area contributed by atoms with Crippen LogP contribution in [0, 0.1) is 5.92 Å². The van der Waals surface area contributed by atoms with Gasteiger partial charge in [-0.3, -0.25) is 14.3 Å². The molecule has 6 nitrogen and oxygen atoms in total. The molecule has 1 aliphatic carbocycles. The minimum absolute atomic E-state index is 0.183. The standard InChI is InChI=1S/C9H14N4O2/c1-4-3-5(4)11-6-7(10)13(2)9(15)12-8(6)14/h4-5,11H,3,10H2,1-2H3,(H,12,14,15). The van der Waals surface area contributed by atoms with E-state index >= 15 is 0 Å². The highest BCUT2D eigenvalue weighted by Crippen LogP contribution is 2.32. The third kappa shape index (κ3) is 1.62. The van der Waals surface area contributed by atoms with Crippen LogP contribution in [0.5, 0.6) is 0 Å². The Morgan fingerprint density at radius 3 is 2.67 bits per heavy atom. The Hall–Kier alpha value is -1.72. The third-order valence-corrected chi connectivity index (χ3v) is 2.81. The third-order valence-electron chi connectivity index (χ3n) is 2.81. The van der Waals surface area contributed by atoms with E-state index in [0.717, 1.165) is 6.42 Å². The zero-order valence-corrected chi connectivity index (χ0v) is 8.70. The quantitative estimate of drug-likeness (QED) is 0.612.